The van der Waals surface area contributed by atoms with Gasteiger partial charge in [0.2, 0.25) is 0 Å². The first-order chi connectivity index (χ1) is 17.2. The average Bonchev–Trinajstić information content (AvgIpc) is 3.58. The van der Waals surface area contributed by atoms with Crippen molar-refractivity contribution in [2.24, 2.45) is 7.05 Å². The van der Waals surface area contributed by atoms with E-state index >= 15 is 0 Å². The number of aryl methyl sites for hydroxylation is 1. The molecule has 2 aromatic heterocycles. The molecule has 10 heteroatoms. The highest BCUT2D eigenvalue weighted by Crippen LogP contribution is 2.38. The summed E-state index contributed by atoms with van der Waals surface area (Å²) in [6.07, 6.45) is 1.83. The standard InChI is InChI=1S/C26H29N5O4S/c1-29(2)9-10-30(3)25(33)21-13-18(14-31(21)4)27-23(17-8-11-36-15-17)22-19-7-6-16(26(34)35-5)12-20(19)28-24(22)32/h6-8,11-15,27H,9-10H2,1-5H3,(H,28,32)/b23-22-. The Kier molecular flexibility index (Phi) is 7.27. The molecule has 4 rings (SSSR count). The Morgan fingerprint density at radius 2 is 1.89 bits per heavy atom. The lowest BCUT2D eigenvalue weighted by atomic mass is 10.0. The van der Waals surface area contributed by atoms with Crippen LogP contribution in [0, 0.1) is 0 Å². The molecule has 1 aliphatic heterocycles. The summed E-state index contributed by atoms with van der Waals surface area (Å²) in [5.74, 6) is -0.842. The minimum Gasteiger partial charge on any atom is -0.465 e. The van der Waals surface area contributed by atoms with Crippen LogP contribution in [0.3, 0.4) is 0 Å². The van der Waals surface area contributed by atoms with Crippen molar-refractivity contribution in [2.45, 2.75) is 0 Å². The van der Waals surface area contributed by atoms with E-state index in [1.54, 1.807) is 40.8 Å². The SMILES string of the molecule is COC(=O)c1ccc2c(c1)NC(=O)/C2=C(\Nc1cc(C(=O)N(C)CCN(C)C)n(C)c1)c1ccsc1. The Morgan fingerprint density at radius 3 is 2.56 bits per heavy atom. The van der Waals surface area contributed by atoms with Crippen molar-refractivity contribution in [3.63, 3.8) is 0 Å². The van der Waals surface area contributed by atoms with Crippen molar-refractivity contribution in [1.29, 1.82) is 0 Å². The summed E-state index contributed by atoms with van der Waals surface area (Å²) >= 11 is 1.52. The molecule has 3 aromatic rings. The molecule has 0 bridgehead atoms. The van der Waals surface area contributed by atoms with Gasteiger partial charge in [0, 0.05) is 49.9 Å². The summed E-state index contributed by atoms with van der Waals surface area (Å²) < 4.78 is 6.58. The van der Waals surface area contributed by atoms with E-state index in [-0.39, 0.29) is 11.8 Å². The van der Waals surface area contributed by atoms with Crippen LogP contribution in [0.4, 0.5) is 11.4 Å². The number of thiophene rings is 1. The van der Waals surface area contributed by atoms with Gasteiger partial charge >= 0.3 is 5.97 Å². The summed E-state index contributed by atoms with van der Waals surface area (Å²) in [4.78, 5) is 41.8. The second-order valence-electron chi connectivity index (χ2n) is 8.85. The van der Waals surface area contributed by atoms with E-state index in [1.165, 1.54) is 18.4 Å². The highest BCUT2D eigenvalue weighted by Gasteiger charge is 2.30. The predicted octanol–water partition coefficient (Wildman–Crippen LogP) is 3.44. The minimum atomic E-state index is -0.474. The third-order valence-corrected chi connectivity index (χ3v) is 6.65. The number of likely N-dealkylation sites (N-methyl/N-ethyl adjacent to an activating group) is 2. The molecule has 36 heavy (non-hydrogen) atoms. The van der Waals surface area contributed by atoms with Crippen LogP contribution in [-0.4, -0.2) is 73.5 Å². The number of carbonyl (C=O) groups is 3. The van der Waals surface area contributed by atoms with Crippen LogP contribution in [0.25, 0.3) is 11.3 Å². The molecule has 9 nitrogen and oxygen atoms in total. The fourth-order valence-electron chi connectivity index (χ4n) is 3.99. The third-order valence-electron chi connectivity index (χ3n) is 5.97. The first kappa shape index (κ1) is 25.2. The molecule has 0 radical (unpaired) electrons. The quantitative estimate of drug-likeness (QED) is 0.358. The summed E-state index contributed by atoms with van der Waals surface area (Å²) in [6.45, 7) is 1.37. The summed E-state index contributed by atoms with van der Waals surface area (Å²) in [5.41, 5.74) is 4.71. The predicted molar refractivity (Wildman–Crippen MR) is 142 cm³/mol. The first-order valence-corrected chi connectivity index (χ1v) is 12.3. The highest BCUT2D eigenvalue weighted by molar-refractivity contribution is 7.08. The van der Waals surface area contributed by atoms with E-state index in [0.717, 1.165) is 12.1 Å². The van der Waals surface area contributed by atoms with E-state index in [1.807, 2.05) is 49.1 Å². The summed E-state index contributed by atoms with van der Waals surface area (Å²) in [6, 6.07) is 8.70. The highest BCUT2D eigenvalue weighted by atomic mass is 32.1. The molecule has 0 fully saturated rings. The van der Waals surface area contributed by atoms with Gasteiger partial charge in [-0.15, -0.1) is 0 Å². The normalized spacial score (nSPS) is 13.9. The van der Waals surface area contributed by atoms with E-state index in [9.17, 15) is 14.4 Å². The molecule has 0 unspecified atom stereocenters. The lowest BCUT2D eigenvalue weighted by molar-refractivity contribution is -0.110. The third kappa shape index (κ3) is 5.05. The fraction of sp³-hybridized carbons (Fsp3) is 0.269. The maximum atomic E-state index is 13.1. The van der Waals surface area contributed by atoms with Crippen molar-refractivity contribution in [3.05, 3.63) is 69.7 Å². The second-order valence-corrected chi connectivity index (χ2v) is 9.63. The van der Waals surface area contributed by atoms with Gasteiger partial charge in [0.15, 0.2) is 0 Å². The molecule has 3 heterocycles. The zero-order valence-electron chi connectivity index (χ0n) is 20.9. The molecule has 188 valence electrons. The van der Waals surface area contributed by atoms with Crippen LogP contribution in [0.15, 0.2) is 47.3 Å². The van der Waals surface area contributed by atoms with Gasteiger partial charge < -0.3 is 29.7 Å². The number of methoxy groups -OCH3 is 1. The van der Waals surface area contributed by atoms with Gasteiger partial charge in [-0.2, -0.15) is 11.3 Å². The maximum Gasteiger partial charge on any atom is 0.337 e. The van der Waals surface area contributed by atoms with Crippen molar-refractivity contribution in [1.82, 2.24) is 14.4 Å². The Hall–Kier alpha value is -3.89. The molecular formula is C26H29N5O4S. The summed E-state index contributed by atoms with van der Waals surface area (Å²) in [7, 11) is 8.86. The maximum absolute atomic E-state index is 13.1. The number of fused-ring (bicyclic) bond motifs is 1. The summed E-state index contributed by atoms with van der Waals surface area (Å²) in [5, 5.41) is 10.1. The number of esters is 1. The molecule has 2 amide bonds. The monoisotopic (exact) mass is 507 g/mol. The molecule has 1 aliphatic rings. The van der Waals surface area contributed by atoms with Gasteiger partial charge in [0.05, 0.1) is 35.3 Å². The van der Waals surface area contributed by atoms with E-state index in [0.29, 0.717) is 46.0 Å². The van der Waals surface area contributed by atoms with Crippen molar-refractivity contribution >= 4 is 51.8 Å². The molecule has 1 aromatic carbocycles. The van der Waals surface area contributed by atoms with Crippen LogP contribution in [0.1, 0.15) is 32.0 Å². The molecule has 2 N–H and O–H groups in total. The number of benzene rings is 1. The Morgan fingerprint density at radius 1 is 1.11 bits per heavy atom. The molecular weight excluding hydrogens is 478 g/mol. The zero-order valence-corrected chi connectivity index (χ0v) is 21.7. The number of carbonyl (C=O) groups excluding carboxylic acids is 3. The van der Waals surface area contributed by atoms with Gasteiger partial charge in [-0.3, -0.25) is 9.59 Å². The number of aromatic nitrogens is 1. The van der Waals surface area contributed by atoms with Crippen molar-refractivity contribution < 1.29 is 19.1 Å². The van der Waals surface area contributed by atoms with Gasteiger partial charge in [0.1, 0.15) is 5.69 Å². The smallest absolute Gasteiger partial charge is 0.337 e. The fourth-order valence-corrected chi connectivity index (χ4v) is 4.64. The lowest BCUT2D eigenvalue weighted by Gasteiger charge is -2.19. The molecule has 0 aliphatic carbocycles. The van der Waals surface area contributed by atoms with Crippen LogP contribution in [0.5, 0.6) is 0 Å². The number of nitrogens with zero attached hydrogens (tertiary/aromatic N) is 3. The number of nitrogens with one attached hydrogen (secondary N) is 2. The van der Waals surface area contributed by atoms with Gasteiger partial charge in [-0.05, 0) is 43.7 Å². The number of amides is 2. The van der Waals surface area contributed by atoms with E-state index in [2.05, 4.69) is 10.6 Å². The Labute approximate surface area is 214 Å². The van der Waals surface area contributed by atoms with Gasteiger partial charge in [0.25, 0.3) is 11.8 Å². The van der Waals surface area contributed by atoms with Crippen molar-refractivity contribution in [3.8, 4) is 0 Å². The van der Waals surface area contributed by atoms with Gasteiger partial charge in [-0.25, -0.2) is 4.79 Å². The van der Waals surface area contributed by atoms with Crippen LogP contribution in [-0.2, 0) is 16.6 Å². The number of rotatable bonds is 8. The van der Waals surface area contributed by atoms with Gasteiger partial charge in [-0.1, -0.05) is 6.07 Å². The Bertz CT molecular complexity index is 1340. The Balaban J connectivity index is 1.70. The van der Waals surface area contributed by atoms with Crippen LogP contribution >= 0.6 is 11.3 Å². The number of anilines is 2. The molecule has 0 spiro atoms. The molecule has 0 saturated heterocycles. The average molecular weight is 508 g/mol. The number of ether oxygens (including phenoxy) is 1. The van der Waals surface area contributed by atoms with Crippen LogP contribution in [0.2, 0.25) is 0 Å². The molecule has 0 saturated carbocycles. The lowest BCUT2D eigenvalue weighted by Crippen LogP contribution is -2.34. The second kappa shape index (κ2) is 10.4. The minimum absolute atomic E-state index is 0.0866. The van der Waals surface area contributed by atoms with E-state index in [4.69, 9.17) is 4.74 Å². The van der Waals surface area contributed by atoms with Crippen molar-refractivity contribution in [2.75, 3.05) is 52.0 Å². The largest absolute Gasteiger partial charge is 0.465 e. The first-order valence-electron chi connectivity index (χ1n) is 11.3. The zero-order chi connectivity index (χ0) is 26.0. The van der Waals surface area contributed by atoms with E-state index < -0.39 is 5.97 Å². The number of hydrogen-bond acceptors (Lipinski definition) is 7. The topological polar surface area (TPSA) is 95.9 Å². The molecule has 0 atom stereocenters. The van der Waals surface area contributed by atoms with Crippen LogP contribution < -0.4 is 10.6 Å². The number of hydrogen-bond donors (Lipinski definition) is 2.